The van der Waals surface area contributed by atoms with Gasteiger partial charge >= 0.3 is 0 Å². The second kappa shape index (κ2) is 6.02. The molecule has 1 saturated heterocycles. The normalized spacial score (nSPS) is 18.5. The van der Waals surface area contributed by atoms with Crippen LogP contribution in [0.25, 0.3) is 0 Å². The fourth-order valence-electron chi connectivity index (χ4n) is 2.68. The third-order valence-electron chi connectivity index (χ3n) is 3.72. The number of hydrogen-bond donors (Lipinski definition) is 1. The second-order valence-electron chi connectivity index (χ2n) is 5.06. The van der Waals surface area contributed by atoms with Crippen LogP contribution in [0.3, 0.4) is 0 Å². The lowest BCUT2D eigenvalue weighted by molar-refractivity contribution is -0.384. The van der Waals surface area contributed by atoms with Gasteiger partial charge in [-0.2, -0.15) is 0 Å². The highest BCUT2D eigenvalue weighted by atomic mass is 16.6. The molecule has 1 heterocycles. The van der Waals surface area contributed by atoms with E-state index in [9.17, 15) is 10.1 Å². The van der Waals surface area contributed by atoms with Gasteiger partial charge in [-0.15, -0.1) is 0 Å². The number of anilines is 1. The number of non-ortho nitro benzene ring substituents is 1. The van der Waals surface area contributed by atoms with Crippen molar-refractivity contribution in [2.24, 2.45) is 0 Å². The Morgan fingerprint density at radius 1 is 1.53 bits per heavy atom. The average Bonchev–Trinajstić information content (AvgIpc) is 2.89. The van der Waals surface area contributed by atoms with Crippen LogP contribution in [-0.4, -0.2) is 30.6 Å². The van der Waals surface area contributed by atoms with Gasteiger partial charge < -0.3 is 10.2 Å². The van der Waals surface area contributed by atoms with Crippen LogP contribution in [0.2, 0.25) is 0 Å². The fourth-order valence-corrected chi connectivity index (χ4v) is 2.68. The third-order valence-corrected chi connectivity index (χ3v) is 3.72. The average molecular weight is 263 g/mol. The lowest BCUT2D eigenvalue weighted by Crippen LogP contribution is -2.37. The Hall–Kier alpha value is -1.62. The number of rotatable bonds is 5. The molecule has 1 fully saturated rings. The van der Waals surface area contributed by atoms with E-state index in [0.717, 1.165) is 30.9 Å². The van der Waals surface area contributed by atoms with Crippen molar-refractivity contribution in [2.45, 2.75) is 32.7 Å². The molecule has 104 valence electrons. The Labute approximate surface area is 113 Å². The summed E-state index contributed by atoms with van der Waals surface area (Å²) in [5.74, 6) is 0. The maximum Gasteiger partial charge on any atom is 0.269 e. The second-order valence-corrected chi connectivity index (χ2v) is 5.06. The van der Waals surface area contributed by atoms with Crippen molar-refractivity contribution >= 4 is 11.4 Å². The predicted molar refractivity (Wildman–Crippen MR) is 76.7 cm³/mol. The van der Waals surface area contributed by atoms with E-state index < -0.39 is 0 Å². The van der Waals surface area contributed by atoms with E-state index in [4.69, 9.17) is 0 Å². The largest absolute Gasteiger partial charge is 0.370 e. The Kier molecular flexibility index (Phi) is 4.37. The van der Waals surface area contributed by atoms with Gasteiger partial charge in [0.15, 0.2) is 0 Å². The van der Waals surface area contributed by atoms with Gasteiger partial charge in [0.2, 0.25) is 0 Å². The minimum absolute atomic E-state index is 0.163. The summed E-state index contributed by atoms with van der Waals surface area (Å²) in [5, 5.41) is 14.3. The van der Waals surface area contributed by atoms with Crippen molar-refractivity contribution in [1.82, 2.24) is 5.32 Å². The molecule has 0 amide bonds. The van der Waals surface area contributed by atoms with Crippen molar-refractivity contribution in [3.63, 3.8) is 0 Å². The van der Waals surface area contributed by atoms with E-state index in [1.807, 2.05) is 13.0 Å². The van der Waals surface area contributed by atoms with Gasteiger partial charge in [-0.1, -0.05) is 0 Å². The molecule has 0 saturated carbocycles. The van der Waals surface area contributed by atoms with E-state index >= 15 is 0 Å². The summed E-state index contributed by atoms with van der Waals surface area (Å²) in [6, 6.07) is 5.65. The summed E-state index contributed by atoms with van der Waals surface area (Å²) in [7, 11) is 0. The predicted octanol–water partition coefficient (Wildman–Crippen LogP) is 2.48. The zero-order valence-corrected chi connectivity index (χ0v) is 11.6. The number of likely N-dealkylation sites (N-methyl/N-ethyl adjacent to an activating group) is 1. The summed E-state index contributed by atoms with van der Waals surface area (Å²) in [5.41, 5.74) is 2.23. The molecule has 2 rings (SSSR count). The van der Waals surface area contributed by atoms with Crippen molar-refractivity contribution in [3.05, 3.63) is 33.9 Å². The molecule has 1 aliphatic heterocycles. The summed E-state index contributed by atoms with van der Waals surface area (Å²) in [4.78, 5) is 12.7. The quantitative estimate of drug-likeness (QED) is 0.655. The lowest BCUT2D eigenvalue weighted by Gasteiger charge is -2.27. The van der Waals surface area contributed by atoms with Crippen LogP contribution >= 0.6 is 0 Å². The first-order valence-electron chi connectivity index (χ1n) is 6.85. The standard InChI is InChI=1S/C14H21N3O2/c1-3-16(10-12-5-4-8-15-12)14-7-6-13(17(18)19)9-11(14)2/h6-7,9,12,15H,3-5,8,10H2,1-2H3. The first kappa shape index (κ1) is 13.8. The molecule has 0 aromatic heterocycles. The van der Waals surface area contributed by atoms with Gasteiger partial charge in [0.1, 0.15) is 0 Å². The number of nitro groups is 1. The molecule has 0 spiro atoms. The fraction of sp³-hybridized carbons (Fsp3) is 0.571. The van der Waals surface area contributed by atoms with E-state index in [2.05, 4.69) is 17.1 Å². The molecule has 1 atom stereocenters. The number of hydrogen-bond acceptors (Lipinski definition) is 4. The maximum atomic E-state index is 10.8. The zero-order valence-electron chi connectivity index (χ0n) is 11.6. The van der Waals surface area contributed by atoms with Crippen LogP contribution in [0.4, 0.5) is 11.4 Å². The SMILES string of the molecule is CCN(CC1CCCN1)c1ccc([N+](=O)[O-])cc1C. The van der Waals surface area contributed by atoms with Crippen LogP contribution in [0, 0.1) is 17.0 Å². The molecule has 1 N–H and O–H groups in total. The molecule has 1 unspecified atom stereocenters. The highest BCUT2D eigenvalue weighted by Gasteiger charge is 2.19. The van der Waals surface area contributed by atoms with Gasteiger partial charge in [0.25, 0.3) is 5.69 Å². The van der Waals surface area contributed by atoms with Crippen LogP contribution in [0.15, 0.2) is 18.2 Å². The summed E-state index contributed by atoms with van der Waals surface area (Å²) < 4.78 is 0. The first-order valence-corrected chi connectivity index (χ1v) is 6.85. The molecular weight excluding hydrogens is 242 g/mol. The van der Waals surface area contributed by atoms with E-state index in [0.29, 0.717) is 6.04 Å². The Morgan fingerprint density at radius 3 is 2.84 bits per heavy atom. The Morgan fingerprint density at radius 2 is 2.32 bits per heavy atom. The number of nitrogens with one attached hydrogen (secondary N) is 1. The molecule has 0 aliphatic carbocycles. The number of benzene rings is 1. The molecule has 1 aliphatic rings. The third kappa shape index (κ3) is 3.23. The molecule has 19 heavy (non-hydrogen) atoms. The van der Waals surface area contributed by atoms with Gasteiger partial charge in [-0.3, -0.25) is 10.1 Å². The molecule has 5 heteroatoms. The molecule has 0 radical (unpaired) electrons. The monoisotopic (exact) mass is 263 g/mol. The molecule has 5 nitrogen and oxygen atoms in total. The van der Waals surface area contributed by atoms with E-state index in [1.54, 1.807) is 12.1 Å². The highest BCUT2D eigenvalue weighted by molar-refractivity contribution is 5.57. The van der Waals surface area contributed by atoms with Gasteiger partial charge in [0.05, 0.1) is 4.92 Å². The van der Waals surface area contributed by atoms with Crippen LogP contribution in [0.1, 0.15) is 25.3 Å². The van der Waals surface area contributed by atoms with Crippen molar-refractivity contribution in [1.29, 1.82) is 0 Å². The van der Waals surface area contributed by atoms with Crippen LogP contribution in [-0.2, 0) is 0 Å². The van der Waals surface area contributed by atoms with Crippen molar-refractivity contribution in [2.75, 3.05) is 24.5 Å². The van der Waals surface area contributed by atoms with Gasteiger partial charge in [-0.05, 0) is 44.9 Å². The minimum Gasteiger partial charge on any atom is -0.370 e. The first-order chi connectivity index (χ1) is 9.11. The van der Waals surface area contributed by atoms with Crippen LogP contribution < -0.4 is 10.2 Å². The minimum atomic E-state index is -0.342. The maximum absolute atomic E-state index is 10.8. The van der Waals surface area contributed by atoms with Gasteiger partial charge in [0, 0.05) is 37.0 Å². The van der Waals surface area contributed by atoms with E-state index in [-0.39, 0.29) is 10.6 Å². The summed E-state index contributed by atoms with van der Waals surface area (Å²) >= 11 is 0. The topological polar surface area (TPSA) is 58.4 Å². The van der Waals surface area contributed by atoms with Crippen molar-refractivity contribution in [3.8, 4) is 0 Å². The smallest absolute Gasteiger partial charge is 0.269 e. The zero-order chi connectivity index (χ0) is 13.8. The molecular formula is C14H21N3O2. The summed E-state index contributed by atoms with van der Waals surface area (Å²) in [6.07, 6.45) is 2.45. The lowest BCUT2D eigenvalue weighted by atomic mass is 10.1. The number of aryl methyl sites for hydroxylation is 1. The molecule has 0 bridgehead atoms. The Balaban J connectivity index is 2.15. The highest BCUT2D eigenvalue weighted by Crippen LogP contribution is 2.25. The van der Waals surface area contributed by atoms with Gasteiger partial charge in [-0.25, -0.2) is 0 Å². The van der Waals surface area contributed by atoms with Crippen molar-refractivity contribution < 1.29 is 4.92 Å². The summed E-state index contributed by atoms with van der Waals surface area (Å²) in [6.45, 7) is 7.04. The van der Waals surface area contributed by atoms with E-state index in [1.165, 1.54) is 12.8 Å². The number of nitro benzene ring substituents is 1. The molecule has 1 aromatic rings. The number of nitrogens with zero attached hydrogens (tertiary/aromatic N) is 2. The molecule has 1 aromatic carbocycles. The Bertz CT molecular complexity index is 456. The van der Waals surface area contributed by atoms with Crippen LogP contribution in [0.5, 0.6) is 0 Å².